The van der Waals surface area contributed by atoms with Gasteiger partial charge in [0.2, 0.25) is 5.91 Å². The number of fused-ring (bicyclic) bond motifs is 1. The molecule has 0 bridgehead atoms. The summed E-state index contributed by atoms with van der Waals surface area (Å²) in [5, 5.41) is 3.60. The molecule has 3 atom stereocenters. The van der Waals surface area contributed by atoms with Crippen molar-refractivity contribution < 1.29 is 14.3 Å². The number of hydrogen-bond acceptors (Lipinski definition) is 5. The fourth-order valence-corrected chi connectivity index (χ4v) is 4.97. The zero-order valence-corrected chi connectivity index (χ0v) is 19.3. The summed E-state index contributed by atoms with van der Waals surface area (Å²) in [6.07, 6.45) is 0.841. The van der Waals surface area contributed by atoms with Crippen LogP contribution in [0.25, 0.3) is 0 Å². The third-order valence-electron chi connectivity index (χ3n) is 6.58. The van der Waals surface area contributed by atoms with Crippen molar-refractivity contribution in [1.82, 2.24) is 9.88 Å². The van der Waals surface area contributed by atoms with Gasteiger partial charge in [0.25, 0.3) is 5.91 Å². The minimum Gasteiger partial charge on any atom is -0.378 e. The van der Waals surface area contributed by atoms with E-state index in [9.17, 15) is 9.59 Å². The van der Waals surface area contributed by atoms with Crippen LogP contribution in [0.4, 0.5) is 11.5 Å². The second-order valence-corrected chi connectivity index (χ2v) is 8.69. The summed E-state index contributed by atoms with van der Waals surface area (Å²) in [6.45, 7) is 10.2. The maximum atomic E-state index is 13.2. The molecule has 2 aliphatic heterocycles. The van der Waals surface area contributed by atoms with E-state index in [1.165, 1.54) is 0 Å². The van der Waals surface area contributed by atoms with Gasteiger partial charge in [0, 0.05) is 48.9 Å². The van der Waals surface area contributed by atoms with Gasteiger partial charge in [0.1, 0.15) is 5.82 Å². The molecule has 2 aliphatic rings. The maximum Gasteiger partial charge on any atom is 0.254 e. The number of hydrogen-bond donors (Lipinski definition) is 1. The molecule has 0 aliphatic carbocycles. The highest BCUT2D eigenvalue weighted by molar-refractivity contribution is 5.98. The molecule has 170 valence electrons. The molecule has 3 heterocycles. The number of nitrogens with zero attached hydrogens (tertiary/aromatic N) is 3. The molecule has 4 rings (SSSR count). The van der Waals surface area contributed by atoms with Crippen LogP contribution >= 0.6 is 0 Å². The number of anilines is 2. The number of rotatable bonds is 4. The largest absolute Gasteiger partial charge is 0.378 e. The Labute approximate surface area is 189 Å². The van der Waals surface area contributed by atoms with Gasteiger partial charge in [-0.3, -0.25) is 9.59 Å². The van der Waals surface area contributed by atoms with Crippen LogP contribution in [-0.2, 0) is 9.53 Å². The highest BCUT2D eigenvalue weighted by Gasteiger charge is 2.40. The van der Waals surface area contributed by atoms with Crippen molar-refractivity contribution >= 4 is 23.3 Å². The molecule has 7 heteroatoms. The quantitative estimate of drug-likeness (QED) is 0.789. The molecule has 32 heavy (non-hydrogen) atoms. The average Bonchev–Trinajstić information content (AvgIpc) is 2.80. The first-order valence-electron chi connectivity index (χ1n) is 11.4. The molecular formula is C25H32N4O3. The summed E-state index contributed by atoms with van der Waals surface area (Å²) in [6, 6.07) is 11.6. The normalized spacial score (nSPS) is 22.9. The van der Waals surface area contributed by atoms with Crippen LogP contribution < -0.4 is 10.2 Å². The Morgan fingerprint density at radius 3 is 2.59 bits per heavy atom. The Kier molecular flexibility index (Phi) is 6.46. The fourth-order valence-electron chi connectivity index (χ4n) is 4.97. The molecule has 1 aromatic heterocycles. The number of pyridine rings is 1. The maximum absolute atomic E-state index is 13.2. The Balaban J connectivity index is 1.77. The minimum absolute atomic E-state index is 0.00294. The van der Waals surface area contributed by atoms with Crippen molar-refractivity contribution in [2.45, 2.75) is 46.2 Å². The minimum atomic E-state index is -0.0720. The molecule has 2 amide bonds. The van der Waals surface area contributed by atoms with E-state index < -0.39 is 0 Å². The molecule has 2 aromatic rings. The number of nitrogens with one attached hydrogen (secondary N) is 1. The van der Waals surface area contributed by atoms with Gasteiger partial charge in [-0.15, -0.1) is 0 Å². The van der Waals surface area contributed by atoms with Crippen LogP contribution in [0.2, 0.25) is 0 Å². The fraction of sp³-hybridized carbons (Fsp3) is 0.480. The van der Waals surface area contributed by atoms with E-state index in [2.05, 4.69) is 24.1 Å². The van der Waals surface area contributed by atoms with Crippen molar-refractivity contribution in [2.24, 2.45) is 5.92 Å². The molecule has 0 saturated carbocycles. The Bertz CT molecular complexity index is 1000. The van der Waals surface area contributed by atoms with Gasteiger partial charge in [0.05, 0.1) is 19.3 Å². The number of ether oxygens (including phenoxy) is 1. The number of aryl methyl sites for hydroxylation is 1. The lowest BCUT2D eigenvalue weighted by Gasteiger charge is -2.45. The van der Waals surface area contributed by atoms with E-state index in [0.29, 0.717) is 31.9 Å². The number of carbonyl (C=O) groups is 2. The van der Waals surface area contributed by atoms with Crippen LogP contribution in [-0.4, -0.2) is 54.0 Å². The van der Waals surface area contributed by atoms with Crippen molar-refractivity contribution in [3.05, 3.63) is 53.2 Å². The number of amides is 2. The van der Waals surface area contributed by atoms with Crippen molar-refractivity contribution in [1.29, 1.82) is 0 Å². The highest BCUT2D eigenvalue weighted by atomic mass is 16.5. The zero-order valence-electron chi connectivity index (χ0n) is 19.3. The number of benzene rings is 1. The van der Waals surface area contributed by atoms with E-state index in [4.69, 9.17) is 4.74 Å². The summed E-state index contributed by atoms with van der Waals surface area (Å²) in [5.74, 6) is 0.948. The summed E-state index contributed by atoms with van der Waals surface area (Å²) in [5.41, 5.74) is 3.40. The molecule has 1 N–H and O–H groups in total. The summed E-state index contributed by atoms with van der Waals surface area (Å²) in [7, 11) is 0. The van der Waals surface area contributed by atoms with E-state index in [0.717, 1.165) is 29.2 Å². The van der Waals surface area contributed by atoms with E-state index in [-0.39, 0.29) is 29.8 Å². The van der Waals surface area contributed by atoms with Crippen LogP contribution in [0.15, 0.2) is 36.4 Å². The van der Waals surface area contributed by atoms with Gasteiger partial charge in [-0.05, 0) is 49.2 Å². The number of morpholine rings is 1. The van der Waals surface area contributed by atoms with Crippen molar-refractivity contribution in [3.8, 4) is 0 Å². The van der Waals surface area contributed by atoms with E-state index in [1.54, 1.807) is 6.92 Å². The topological polar surface area (TPSA) is 74.8 Å². The van der Waals surface area contributed by atoms with Gasteiger partial charge < -0.3 is 19.9 Å². The second-order valence-electron chi connectivity index (χ2n) is 8.69. The van der Waals surface area contributed by atoms with E-state index >= 15 is 0 Å². The zero-order chi connectivity index (χ0) is 22.8. The molecule has 7 nitrogen and oxygen atoms in total. The lowest BCUT2D eigenvalue weighted by molar-refractivity contribution is -0.117. The monoisotopic (exact) mass is 436 g/mol. The molecule has 1 fully saturated rings. The molecule has 0 spiro atoms. The second kappa shape index (κ2) is 9.28. The van der Waals surface area contributed by atoms with Gasteiger partial charge in [-0.1, -0.05) is 19.9 Å². The lowest BCUT2D eigenvalue weighted by atomic mass is 9.80. The highest BCUT2D eigenvalue weighted by Crippen LogP contribution is 2.43. The molecule has 0 unspecified atom stereocenters. The average molecular weight is 437 g/mol. The molecular weight excluding hydrogens is 404 g/mol. The Hall–Kier alpha value is -2.93. The summed E-state index contributed by atoms with van der Waals surface area (Å²) < 4.78 is 5.39. The first-order valence-corrected chi connectivity index (χ1v) is 11.4. The van der Waals surface area contributed by atoms with Crippen LogP contribution in [0.5, 0.6) is 0 Å². The van der Waals surface area contributed by atoms with Gasteiger partial charge >= 0.3 is 0 Å². The number of carbonyl (C=O) groups excluding carboxylic acids is 2. The molecule has 1 saturated heterocycles. The first-order chi connectivity index (χ1) is 15.4. The Morgan fingerprint density at radius 1 is 1.19 bits per heavy atom. The van der Waals surface area contributed by atoms with E-state index in [1.807, 2.05) is 53.1 Å². The summed E-state index contributed by atoms with van der Waals surface area (Å²) >= 11 is 0. The predicted molar refractivity (Wildman–Crippen MR) is 125 cm³/mol. The molecule has 0 radical (unpaired) electrons. The smallest absolute Gasteiger partial charge is 0.254 e. The predicted octanol–water partition coefficient (Wildman–Crippen LogP) is 3.80. The van der Waals surface area contributed by atoms with Crippen molar-refractivity contribution in [3.63, 3.8) is 0 Å². The third kappa shape index (κ3) is 4.21. The first kappa shape index (κ1) is 22.3. The van der Waals surface area contributed by atoms with Gasteiger partial charge in [0.15, 0.2) is 0 Å². The summed E-state index contributed by atoms with van der Waals surface area (Å²) in [4.78, 5) is 34.2. The lowest BCUT2D eigenvalue weighted by Crippen LogP contribution is -2.50. The van der Waals surface area contributed by atoms with Gasteiger partial charge in [-0.25, -0.2) is 4.98 Å². The van der Waals surface area contributed by atoms with Crippen LogP contribution in [0.3, 0.4) is 0 Å². The molecule has 1 aromatic carbocycles. The SMILES string of the molecule is CC[C@H]1[C@H](C)[C@@H](Nc2cccc(C)n2)c2cc(C(=O)N3CCOCC3)ccc2N1C(C)=O. The van der Waals surface area contributed by atoms with Gasteiger partial charge in [-0.2, -0.15) is 0 Å². The Morgan fingerprint density at radius 2 is 1.94 bits per heavy atom. The van der Waals surface area contributed by atoms with Crippen LogP contribution in [0, 0.1) is 12.8 Å². The number of aromatic nitrogens is 1. The van der Waals surface area contributed by atoms with Crippen molar-refractivity contribution in [2.75, 3.05) is 36.5 Å². The van der Waals surface area contributed by atoms with Crippen LogP contribution in [0.1, 0.15) is 54.8 Å². The third-order valence-corrected chi connectivity index (χ3v) is 6.58. The standard InChI is InChI=1S/C25H32N4O3/c1-5-21-17(3)24(27-23-8-6-7-16(2)26-23)20-15-19(9-10-22(20)29(21)18(4)30)25(31)28-11-13-32-14-12-28/h6-10,15,17,21,24H,5,11-14H2,1-4H3,(H,26,27)/t17-,21-,24+/m0/s1.